The van der Waals surface area contributed by atoms with Crippen LogP contribution in [0.4, 0.5) is 0 Å². The Hall–Kier alpha value is -3.41. The molecule has 0 spiro atoms. The number of hydrogen-bond donors (Lipinski definition) is 1. The smallest absolute Gasteiger partial charge is 0.199 e. The number of aromatic hydroxyl groups is 1. The van der Waals surface area contributed by atoms with Crippen molar-refractivity contribution in [3.05, 3.63) is 106 Å². The molecule has 5 aromatic rings. The van der Waals surface area contributed by atoms with Crippen LogP contribution in [0.1, 0.15) is 59.2 Å². The van der Waals surface area contributed by atoms with Gasteiger partial charge in [0.25, 0.3) is 0 Å². The lowest BCUT2D eigenvalue weighted by molar-refractivity contribution is 0.178. The van der Waals surface area contributed by atoms with Crippen molar-refractivity contribution in [3.8, 4) is 17.0 Å². The Morgan fingerprint density at radius 3 is 2.23 bits per heavy atom. The average Bonchev–Trinajstić information content (AvgIpc) is 3.65. The van der Waals surface area contributed by atoms with Gasteiger partial charge in [-0.05, 0) is 67.5 Å². The summed E-state index contributed by atoms with van der Waals surface area (Å²) in [5.74, 6) is 0.420. The number of thiazole rings is 1. The second-order valence-electron chi connectivity index (χ2n) is 11.2. The molecule has 1 fully saturated rings. The van der Waals surface area contributed by atoms with Crippen LogP contribution in [0, 0.1) is 6.92 Å². The zero-order valence-electron chi connectivity index (χ0n) is 22.5. The van der Waals surface area contributed by atoms with Crippen LogP contribution in [-0.2, 0) is 5.41 Å². The lowest BCUT2D eigenvalue weighted by atomic mass is 9.74. The second-order valence-corrected chi connectivity index (χ2v) is 12.5. The fourth-order valence-electron chi connectivity index (χ4n) is 7.07. The van der Waals surface area contributed by atoms with E-state index in [1.807, 2.05) is 35.7 Å². The van der Waals surface area contributed by atoms with Gasteiger partial charge in [-0.3, -0.25) is 0 Å². The molecule has 0 atom stereocenters. The monoisotopic (exact) mass is 533 g/mol. The van der Waals surface area contributed by atoms with Crippen molar-refractivity contribution < 1.29 is 5.11 Å². The van der Waals surface area contributed by atoms with E-state index < -0.39 is 0 Å². The lowest BCUT2D eigenvalue weighted by Gasteiger charge is -2.34. The Labute approximate surface area is 234 Å². The number of rotatable bonds is 7. The molecule has 2 aliphatic rings. The van der Waals surface area contributed by atoms with Crippen LogP contribution in [0.2, 0.25) is 0 Å². The molecular weight excluding hydrogens is 498 g/mol. The molecule has 2 aromatic heterocycles. The van der Waals surface area contributed by atoms with E-state index in [4.69, 9.17) is 4.98 Å². The van der Waals surface area contributed by atoms with Crippen molar-refractivity contribution >= 4 is 22.1 Å². The minimum absolute atomic E-state index is 0.160. The van der Waals surface area contributed by atoms with Gasteiger partial charge in [-0.1, -0.05) is 73.2 Å². The number of aryl methyl sites for hydroxylation is 1. The highest BCUT2D eigenvalue weighted by Gasteiger charge is 2.46. The van der Waals surface area contributed by atoms with Gasteiger partial charge in [0, 0.05) is 47.2 Å². The molecule has 0 bridgehead atoms. The van der Waals surface area contributed by atoms with Gasteiger partial charge in [0.15, 0.2) is 5.88 Å². The molecule has 0 saturated carbocycles. The summed E-state index contributed by atoms with van der Waals surface area (Å²) in [6.07, 6.45) is 9.75. The van der Waals surface area contributed by atoms with Crippen LogP contribution in [0.3, 0.4) is 0 Å². The number of hydrogen-bond acceptors (Lipinski definition) is 4. The molecule has 3 heterocycles. The van der Waals surface area contributed by atoms with Crippen molar-refractivity contribution in [2.45, 2.75) is 50.5 Å². The van der Waals surface area contributed by atoms with Gasteiger partial charge in [0.1, 0.15) is 5.01 Å². The molecule has 1 N–H and O–H groups in total. The van der Waals surface area contributed by atoms with Crippen molar-refractivity contribution in [2.75, 3.05) is 19.6 Å². The maximum atomic E-state index is 10.8. The van der Waals surface area contributed by atoms with Gasteiger partial charge < -0.3 is 14.6 Å². The number of aromatic nitrogens is 2. The van der Waals surface area contributed by atoms with Crippen LogP contribution >= 0.6 is 11.3 Å². The topological polar surface area (TPSA) is 41.3 Å². The zero-order chi connectivity index (χ0) is 26.4. The Bertz CT molecular complexity index is 1580. The van der Waals surface area contributed by atoms with Gasteiger partial charge in [-0.2, -0.15) is 0 Å². The molecule has 198 valence electrons. The summed E-state index contributed by atoms with van der Waals surface area (Å²) in [7, 11) is 0. The molecule has 3 aromatic carbocycles. The third kappa shape index (κ3) is 4.11. The fourth-order valence-corrected chi connectivity index (χ4v) is 8.08. The van der Waals surface area contributed by atoms with E-state index in [1.54, 1.807) is 0 Å². The molecule has 1 saturated heterocycles. The molecule has 0 amide bonds. The highest BCUT2D eigenvalue weighted by Crippen LogP contribution is 2.55. The van der Waals surface area contributed by atoms with Crippen molar-refractivity contribution in [1.82, 2.24) is 14.5 Å². The quantitative estimate of drug-likeness (QED) is 0.216. The van der Waals surface area contributed by atoms with Crippen molar-refractivity contribution in [1.29, 1.82) is 0 Å². The molecule has 1 aliphatic carbocycles. The highest BCUT2D eigenvalue weighted by atomic mass is 32.1. The average molecular weight is 534 g/mol. The zero-order valence-corrected chi connectivity index (χ0v) is 23.3. The Kier molecular flexibility index (Phi) is 6.29. The number of benzene rings is 3. The first-order valence-corrected chi connectivity index (χ1v) is 15.1. The molecular formula is C34H35N3OS. The maximum Gasteiger partial charge on any atom is 0.199 e. The number of likely N-dealkylation sites (tertiary alicyclic amines) is 1. The number of piperidine rings is 1. The maximum absolute atomic E-state index is 10.8. The summed E-state index contributed by atoms with van der Waals surface area (Å²) in [6.45, 7) is 5.46. The van der Waals surface area contributed by atoms with Crippen LogP contribution in [0.5, 0.6) is 5.88 Å². The first-order chi connectivity index (χ1) is 19.1. The largest absolute Gasteiger partial charge is 0.494 e. The molecule has 0 radical (unpaired) electrons. The normalized spacial score (nSPS) is 16.9. The van der Waals surface area contributed by atoms with Crippen LogP contribution in [-0.4, -0.2) is 39.2 Å². The van der Waals surface area contributed by atoms with E-state index in [1.165, 1.54) is 38.6 Å². The predicted molar refractivity (Wildman–Crippen MR) is 161 cm³/mol. The first-order valence-electron chi connectivity index (χ1n) is 14.3. The third-order valence-corrected chi connectivity index (χ3v) is 10.1. The van der Waals surface area contributed by atoms with E-state index in [0.29, 0.717) is 11.9 Å². The number of fused-ring (bicyclic) bond motifs is 4. The minimum atomic E-state index is -0.160. The summed E-state index contributed by atoms with van der Waals surface area (Å²) in [5, 5.41) is 14.1. The van der Waals surface area contributed by atoms with Gasteiger partial charge in [0.05, 0.1) is 5.41 Å². The van der Waals surface area contributed by atoms with E-state index in [-0.39, 0.29) is 5.41 Å². The van der Waals surface area contributed by atoms with Gasteiger partial charge in [-0.25, -0.2) is 4.98 Å². The van der Waals surface area contributed by atoms with E-state index >= 15 is 0 Å². The summed E-state index contributed by atoms with van der Waals surface area (Å²) in [6, 6.07) is 26.4. The SMILES string of the molecule is Cc1cnc(C2(CCCCN3CCC(n4cc5ccccc5c4O)CC3)c3ccccc3-c3ccccc32)s1. The Balaban J connectivity index is 1.05. The second kappa shape index (κ2) is 9.96. The van der Waals surface area contributed by atoms with Gasteiger partial charge in [-0.15, -0.1) is 11.3 Å². The summed E-state index contributed by atoms with van der Waals surface area (Å²) >= 11 is 1.85. The van der Waals surface area contributed by atoms with Crippen LogP contribution in [0.15, 0.2) is 85.2 Å². The van der Waals surface area contributed by atoms with Crippen molar-refractivity contribution in [2.24, 2.45) is 0 Å². The van der Waals surface area contributed by atoms with Gasteiger partial charge in [0.2, 0.25) is 0 Å². The predicted octanol–water partition coefficient (Wildman–Crippen LogP) is 7.93. The Morgan fingerprint density at radius 2 is 1.56 bits per heavy atom. The van der Waals surface area contributed by atoms with E-state index in [2.05, 4.69) is 77.2 Å². The molecule has 0 unspecified atom stereocenters. The summed E-state index contributed by atoms with van der Waals surface area (Å²) < 4.78 is 2.11. The molecule has 39 heavy (non-hydrogen) atoms. The lowest BCUT2D eigenvalue weighted by Crippen LogP contribution is -2.35. The van der Waals surface area contributed by atoms with Crippen molar-refractivity contribution in [3.63, 3.8) is 0 Å². The van der Waals surface area contributed by atoms with Gasteiger partial charge >= 0.3 is 0 Å². The standard InChI is InChI=1S/C34H35N3OS/c1-24-22-35-33(39-24)34(30-14-6-4-12-28(30)29-13-5-7-15-31(29)34)18-8-9-19-36-20-16-26(17-21-36)37-23-25-10-2-3-11-27(25)32(37)38/h2-7,10-15,22-23,26,38H,8-9,16-21H2,1H3. The molecule has 5 heteroatoms. The summed E-state index contributed by atoms with van der Waals surface area (Å²) in [5.41, 5.74) is 5.40. The highest BCUT2D eigenvalue weighted by molar-refractivity contribution is 7.11. The van der Waals surface area contributed by atoms with E-state index in [9.17, 15) is 5.11 Å². The minimum Gasteiger partial charge on any atom is -0.494 e. The number of unbranched alkanes of at least 4 members (excludes halogenated alkanes) is 1. The Morgan fingerprint density at radius 1 is 0.897 bits per heavy atom. The van der Waals surface area contributed by atoms with Crippen LogP contribution in [0.25, 0.3) is 21.9 Å². The number of nitrogens with zero attached hydrogens (tertiary/aromatic N) is 3. The fraction of sp³-hybridized carbons (Fsp3) is 0.324. The molecule has 4 nitrogen and oxygen atoms in total. The third-order valence-electron chi connectivity index (χ3n) is 9.00. The first kappa shape index (κ1) is 24.6. The molecule has 1 aliphatic heterocycles. The van der Waals surface area contributed by atoms with Crippen LogP contribution < -0.4 is 0 Å². The van der Waals surface area contributed by atoms with E-state index in [0.717, 1.165) is 56.1 Å². The summed E-state index contributed by atoms with van der Waals surface area (Å²) in [4.78, 5) is 8.87. The molecule has 7 rings (SSSR count).